The maximum atomic E-state index is 13.4. The van der Waals surface area contributed by atoms with E-state index >= 15 is 0 Å². The van der Waals surface area contributed by atoms with Gasteiger partial charge in [0, 0.05) is 24.0 Å². The molecule has 3 heteroatoms. The third-order valence-corrected chi connectivity index (χ3v) is 4.60. The molecule has 1 aromatic rings. The van der Waals surface area contributed by atoms with Crippen molar-refractivity contribution in [3.05, 3.63) is 29.6 Å². The molecule has 0 fully saturated rings. The van der Waals surface area contributed by atoms with E-state index in [0.29, 0.717) is 6.67 Å². The van der Waals surface area contributed by atoms with Crippen LogP contribution in [0.3, 0.4) is 0 Å². The predicted molar refractivity (Wildman–Crippen MR) is 98.1 cm³/mol. The minimum atomic E-state index is -0.160. The van der Waals surface area contributed by atoms with E-state index in [-0.39, 0.29) is 5.82 Å². The topological polar surface area (TPSA) is 15.6 Å². The van der Waals surface area contributed by atoms with Gasteiger partial charge in [-0.05, 0) is 24.6 Å². The zero-order chi connectivity index (χ0) is 16.3. The molecule has 0 atom stereocenters. The number of hydrogen-bond acceptors (Lipinski definition) is 2. The molecule has 0 spiro atoms. The van der Waals surface area contributed by atoms with Gasteiger partial charge in [0.15, 0.2) is 0 Å². The van der Waals surface area contributed by atoms with Crippen LogP contribution in [0.25, 0.3) is 0 Å². The highest BCUT2D eigenvalue weighted by Crippen LogP contribution is 2.24. The van der Waals surface area contributed by atoms with Crippen molar-refractivity contribution < 1.29 is 4.39 Å². The van der Waals surface area contributed by atoms with Crippen LogP contribution in [0.15, 0.2) is 23.2 Å². The van der Waals surface area contributed by atoms with Gasteiger partial charge in [-0.1, -0.05) is 64.7 Å². The van der Waals surface area contributed by atoms with Crippen molar-refractivity contribution in [1.82, 2.24) is 0 Å². The van der Waals surface area contributed by atoms with Crippen LogP contribution in [-0.2, 0) is 0 Å². The maximum Gasteiger partial charge on any atom is 0.125 e. The number of rotatable bonds is 11. The first kappa shape index (κ1) is 18.0. The van der Waals surface area contributed by atoms with Gasteiger partial charge in [0.1, 0.15) is 12.5 Å². The SMILES string of the molecule is CCCCCCCCCCCCN1CN=Cc2ccc(F)cc21. The predicted octanol–water partition coefficient (Wildman–Crippen LogP) is 5.94. The Morgan fingerprint density at radius 3 is 2.30 bits per heavy atom. The summed E-state index contributed by atoms with van der Waals surface area (Å²) in [5.41, 5.74) is 2.03. The van der Waals surface area contributed by atoms with Gasteiger partial charge in [0.2, 0.25) is 0 Å². The van der Waals surface area contributed by atoms with Crippen molar-refractivity contribution in [2.75, 3.05) is 18.1 Å². The largest absolute Gasteiger partial charge is 0.352 e. The molecule has 1 heterocycles. The highest BCUT2D eigenvalue weighted by molar-refractivity contribution is 5.89. The number of anilines is 1. The van der Waals surface area contributed by atoms with Crippen molar-refractivity contribution in [1.29, 1.82) is 0 Å². The Kier molecular flexibility index (Phi) is 8.13. The lowest BCUT2D eigenvalue weighted by atomic mass is 10.1. The van der Waals surface area contributed by atoms with Gasteiger partial charge in [-0.15, -0.1) is 0 Å². The van der Waals surface area contributed by atoms with Crippen molar-refractivity contribution >= 4 is 11.9 Å². The molecular formula is C20H31FN2. The Morgan fingerprint density at radius 2 is 1.61 bits per heavy atom. The number of benzene rings is 1. The van der Waals surface area contributed by atoms with E-state index in [4.69, 9.17) is 0 Å². The average molecular weight is 318 g/mol. The Bertz CT molecular complexity index is 485. The molecule has 2 rings (SSSR count). The molecule has 0 amide bonds. The van der Waals surface area contributed by atoms with Crippen LogP contribution < -0.4 is 4.90 Å². The van der Waals surface area contributed by atoms with Gasteiger partial charge in [-0.3, -0.25) is 4.99 Å². The van der Waals surface area contributed by atoms with E-state index in [1.165, 1.54) is 70.3 Å². The van der Waals surface area contributed by atoms with E-state index in [1.807, 2.05) is 12.3 Å². The van der Waals surface area contributed by atoms with Crippen molar-refractivity contribution in [2.45, 2.75) is 71.1 Å². The van der Waals surface area contributed by atoms with Gasteiger partial charge in [0.25, 0.3) is 0 Å². The number of aliphatic imine (C=N–C) groups is 1. The van der Waals surface area contributed by atoms with Crippen molar-refractivity contribution in [2.24, 2.45) is 4.99 Å². The van der Waals surface area contributed by atoms with Crippen LogP contribution in [0.5, 0.6) is 0 Å². The highest BCUT2D eigenvalue weighted by Gasteiger charge is 2.14. The summed E-state index contributed by atoms with van der Waals surface area (Å²) in [4.78, 5) is 6.57. The lowest BCUT2D eigenvalue weighted by Gasteiger charge is -2.27. The molecule has 1 aliphatic heterocycles. The van der Waals surface area contributed by atoms with Gasteiger partial charge in [0.05, 0.1) is 0 Å². The zero-order valence-corrected chi connectivity index (χ0v) is 14.6. The Morgan fingerprint density at radius 1 is 0.957 bits per heavy atom. The van der Waals surface area contributed by atoms with Crippen LogP contribution >= 0.6 is 0 Å². The number of fused-ring (bicyclic) bond motifs is 1. The van der Waals surface area contributed by atoms with Crippen LogP contribution in [0, 0.1) is 5.82 Å². The molecule has 1 aliphatic rings. The molecule has 0 unspecified atom stereocenters. The van der Waals surface area contributed by atoms with E-state index in [0.717, 1.165) is 17.8 Å². The molecule has 0 N–H and O–H groups in total. The van der Waals surface area contributed by atoms with Gasteiger partial charge in [-0.2, -0.15) is 0 Å². The van der Waals surface area contributed by atoms with Crippen LogP contribution in [0.2, 0.25) is 0 Å². The molecule has 128 valence electrons. The molecule has 2 nitrogen and oxygen atoms in total. The summed E-state index contributed by atoms with van der Waals surface area (Å²) in [5.74, 6) is -0.160. The Balaban J connectivity index is 1.57. The smallest absolute Gasteiger partial charge is 0.125 e. The fourth-order valence-electron chi connectivity index (χ4n) is 3.20. The molecule has 1 aromatic carbocycles. The summed E-state index contributed by atoms with van der Waals surface area (Å²) in [7, 11) is 0. The summed E-state index contributed by atoms with van der Waals surface area (Å²) >= 11 is 0. The second-order valence-electron chi connectivity index (χ2n) is 6.60. The van der Waals surface area contributed by atoms with Gasteiger partial charge < -0.3 is 4.90 Å². The normalized spacial score (nSPS) is 13.4. The monoisotopic (exact) mass is 318 g/mol. The zero-order valence-electron chi connectivity index (χ0n) is 14.6. The van der Waals surface area contributed by atoms with Crippen LogP contribution in [-0.4, -0.2) is 19.4 Å². The molecule has 0 saturated heterocycles. The number of unbranched alkanes of at least 4 members (excludes halogenated alkanes) is 9. The fourth-order valence-corrected chi connectivity index (χ4v) is 3.20. The summed E-state index contributed by atoms with van der Waals surface area (Å²) in [6, 6.07) is 4.96. The maximum absolute atomic E-state index is 13.4. The van der Waals surface area contributed by atoms with Crippen molar-refractivity contribution in [3.8, 4) is 0 Å². The number of nitrogens with zero attached hydrogens (tertiary/aromatic N) is 2. The molecule has 23 heavy (non-hydrogen) atoms. The molecule has 0 aromatic heterocycles. The van der Waals surface area contributed by atoms with E-state index < -0.39 is 0 Å². The number of hydrogen-bond donors (Lipinski definition) is 0. The van der Waals surface area contributed by atoms with E-state index in [9.17, 15) is 4.39 Å². The summed E-state index contributed by atoms with van der Waals surface area (Å²) in [5, 5.41) is 0. The quantitative estimate of drug-likeness (QED) is 0.461. The van der Waals surface area contributed by atoms with Crippen LogP contribution in [0.4, 0.5) is 10.1 Å². The molecular weight excluding hydrogens is 287 g/mol. The molecule has 0 aliphatic carbocycles. The minimum absolute atomic E-state index is 0.160. The second-order valence-corrected chi connectivity index (χ2v) is 6.60. The fraction of sp³-hybridized carbons (Fsp3) is 0.650. The molecule has 0 radical (unpaired) electrons. The average Bonchev–Trinajstić information content (AvgIpc) is 2.57. The second kappa shape index (κ2) is 10.4. The Labute approximate surface area is 140 Å². The first-order chi connectivity index (χ1) is 11.3. The first-order valence-electron chi connectivity index (χ1n) is 9.35. The summed E-state index contributed by atoms with van der Waals surface area (Å²) in [6.07, 6.45) is 15.3. The third-order valence-electron chi connectivity index (χ3n) is 4.60. The lowest BCUT2D eigenvalue weighted by Crippen LogP contribution is -2.28. The van der Waals surface area contributed by atoms with Crippen molar-refractivity contribution in [3.63, 3.8) is 0 Å². The minimum Gasteiger partial charge on any atom is -0.352 e. The first-order valence-corrected chi connectivity index (χ1v) is 9.35. The van der Waals surface area contributed by atoms with Gasteiger partial charge >= 0.3 is 0 Å². The molecule has 0 saturated carbocycles. The Hall–Kier alpha value is -1.38. The van der Waals surface area contributed by atoms with E-state index in [2.05, 4.69) is 16.8 Å². The third kappa shape index (κ3) is 6.32. The standard InChI is InChI=1S/C20H31FN2/c1-2-3-4-5-6-7-8-9-10-11-14-23-17-22-16-18-12-13-19(21)15-20(18)23/h12-13,15-16H,2-11,14,17H2,1H3. The number of halogens is 1. The van der Waals surface area contributed by atoms with Crippen LogP contribution in [0.1, 0.15) is 76.7 Å². The lowest BCUT2D eigenvalue weighted by molar-refractivity contribution is 0.554. The molecule has 0 bridgehead atoms. The summed E-state index contributed by atoms with van der Waals surface area (Å²) < 4.78 is 13.4. The highest BCUT2D eigenvalue weighted by atomic mass is 19.1. The summed E-state index contributed by atoms with van der Waals surface area (Å²) in [6.45, 7) is 3.90. The van der Waals surface area contributed by atoms with E-state index in [1.54, 1.807) is 6.07 Å². The van der Waals surface area contributed by atoms with Gasteiger partial charge in [-0.25, -0.2) is 4.39 Å².